The molecule has 66 valence electrons. The van der Waals surface area contributed by atoms with Crippen LogP contribution in [0.25, 0.3) is 0 Å². The Kier molecular flexibility index (Phi) is 2.90. The van der Waals surface area contributed by atoms with Crippen molar-refractivity contribution in [2.75, 3.05) is 0 Å². The first-order chi connectivity index (χ1) is 5.11. The summed E-state index contributed by atoms with van der Waals surface area (Å²) in [5.41, 5.74) is 5.76. The fourth-order valence-electron chi connectivity index (χ4n) is 1.83. The third-order valence-corrected chi connectivity index (χ3v) is 2.85. The molecule has 0 amide bonds. The average molecular weight is 157 g/mol. The number of rotatable bonds is 1. The first kappa shape index (κ1) is 9.01. The van der Waals surface area contributed by atoms with Gasteiger partial charge in [-0.2, -0.15) is 0 Å². The van der Waals surface area contributed by atoms with Gasteiger partial charge in [-0.15, -0.1) is 0 Å². The summed E-state index contributed by atoms with van der Waals surface area (Å²) in [5, 5.41) is 9.35. The summed E-state index contributed by atoms with van der Waals surface area (Å²) in [5.74, 6) is 1.45. The van der Waals surface area contributed by atoms with E-state index in [2.05, 4.69) is 13.8 Å². The summed E-state index contributed by atoms with van der Waals surface area (Å²) < 4.78 is 0. The smallest absolute Gasteiger partial charge is 0.0691 e. The maximum absolute atomic E-state index is 9.35. The summed E-state index contributed by atoms with van der Waals surface area (Å²) in [6, 6.07) is 0.0242. The van der Waals surface area contributed by atoms with Gasteiger partial charge >= 0.3 is 0 Å². The zero-order valence-electron chi connectivity index (χ0n) is 7.46. The topological polar surface area (TPSA) is 46.2 Å². The van der Waals surface area contributed by atoms with Crippen LogP contribution in [0.4, 0.5) is 0 Å². The summed E-state index contributed by atoms with van der Waals surface area (Å²) in [6.45, 7) is 4.46. The lowest BCUT2D eigenvalue weighted by molar-refractivity contribution is 0.0752. The van der Waals surface area contributed by atoms with Crippen LogP contribution in [0, 0.1) is 11.8 Å². The van der Waals surface area contributed by atoms with Crippen molar-refractivity contribution in [1.29, 1.82) is 0 Å². The lowest BCUT2D eigenvalue weighted by atomic mass is 9.78. The quantitative estimate of drug-likeness (QED) is 0.599. The van der Waals surface area contributed by atoms with Crippen LogP contribution in [0.5, 0.6) is 0 Å². The number of nitrogens with two attached hydrogens (primary N) is 1. The number of aliphatic hydroxyl groups is 1. The average Bonchev–Trinajstić information content (AvgIpc) is 1.94. The molecule has 0 aromatic carbocycles. The highest BCUT2D eigenvalue weighted by molar-refractivity contribution is 4.83. The van der Waals surface area contributed by atoms with E-state index in [4.69, 9.17) is 5.73 Å². The van der Waals surface area contributed by atoms with Gasteiger partial charge in [-0.1, -0.05) is 13.8 Å². The highest BCUT2D eigenvalue weighted by atomic mass is 16.3. The van der Waals surface area contributed by atoms with E-state index in [1.165, 1.54) is 0 Å². The highest BCUT2D eigenvalue weighted by Gasteiger charge is 2.27. The first-order valence-corrected chi connectivity index (χ1v) is 4.55. The molecular weight excluding hydrogens is 138 g/mol. The molecule has 1 unspecified atom stereocenters. The van der Waals surface area contributed by atoms with Crippen molar-refractivity contribution >= 4 is 0 Å². The summed E-state index contributed by atoms with van der Waals surface area (Å²) >= 11 is 0. The zero-order chi connectivity index (χ0) is 8.43. The first-order valence-electron chi connectivity index (χ1n) is 4.55. The van der Waals surface area contributed by atoms with Crippen molar-refractivity contribution in [3.05, 3.63) is 0 Å². The minimum atomic E-state index is -0.245. The van der Waals surface area contributed by atoms with Gasteiger partial charge in [-0.05, 0) is 31.1 Å². The molecule has 3 atom stereocenters. The monoisotopic (exact) mass is 157 g/mol. The second kappa shape index (κ2) is 3.55. The Morgan fingerprint density at radius 1 is 1.36 bits per heavy atom. The van der Waals surface area contributed by atoms with Crippen LogP contribution in [0.2, 0.25) is 0 Å². The van der Waals surface area contributed by atoms with Gasteiger partial charge in [0.1, 0.15) is 0 Å². The van der Waals surface area contributed by atoms with E-state index in [0.717, 1.165) is 25.2 Å². The van der Waals surface area contributed by atoms with E-state index in [1.807, 2.05) is 0 Å². The van der Waals surface area contributed by atoms with Crippen molar-refractivity contribution in [1.82, 2.24) is 0 Å². The Balaban J connectivity index is 2.40. The minimum absolute atomic E-state index is 0.0242. The summed E-state index contributed by atoms with van der Waals surface area (Å²) in [7, 11) is 0. The summed E-state index contributed by atoms with van der Waals surface area (Å²) in [6.07, 6.45) is 2.79. The molecule has 0 radical (unpaired) electrons. The van der Waals surface area contributed by atoms with E-state index in [9.17, 15) is 5.11 Å². The third kappa shape index (κ3) is 2.17. The molecule has 1 aliphatic carbocycles. The molecule has 1 aliphatic rings. The number of hydrogen-bond donors (Lipinski definition) is 2. The predicted molar refractivity (Wildman–Crippen MR) is 46.2 cm³/mol. The van der Waals surface area contributed by atoms with Crippen LogP contribution >= 0.6 is 0 Å². The van der Waals surface area contributed by atoms with Crippen molar-refractivity contribution in [2.24, 2.45) is 17.6 Å². The molecule has 0 bridgehead atoms. The Bertz CT molecular complexity index is 125. The standard InChI is InChI=1S/C9H19NO/c1-6(2)7-3-4-9(11)8(10)5-7/h6-9,11H,3-5,10H2,1-2H3/t7-,8?,9+/m0/s1. The van der Waals surface area contributed by atoms with Gasteiger partial charge in [0.05, 0.1) is 6.10 Å². The van der Waals surface area contributed by atoms with Crippen LogP contribution in [0.15, 0.2) is 0 Å². The van der Waals surface area contributed by atoms with E-state index in [0.29, 0.717) is 5.92 Å². The third-order valence-electron chi connectivity index (χ3n) is 2.85. The molecule has 1 saturated carbocycles. The molecule has 0 saturated heterocycles. The normalized spacial score (nSPS) is 39.5. The lowest BCUT2D eigenvalue weighted by Crippen LogP contribution is -2.41. The van der Waals surface area contributed by atoms with Crippen LogP contribution in [-0.4, -0.2) is 17.3 Å². The molecular formula is C9H19NO. The van der Waals surface area contributed by atoms with Gasteiger partial charge in [0.2, 0.25) is 0 Å². The van der Waals surface area contributed by atoms with Gasteiger partial charge < -0.3 is 10.8 Å². The Hall–Kier alpha value is -0.0800. The molecule has 2 nitrogen and oxygen atoms in total. The van der Waals surface area contributed by atoms with E-state index < -0.39 is 0 Å². The van der Waals surface area contributed by atoms with Gasteiger partial charge in [-0.25, -0.2) is 0 Å². The maximum Gasteiger partial charge on any atom is 0.0691 e. The number of hydrogen-bond acceptors (Lipinski definition) is 2. The molecule has 1 rings (SSSR count). The van der Waals surface area contributed by atoms with Crippen molar-refractivity contribution < 1.29 is 5.11 Å². The van der Waals surface area contributed by atoms with Gasteiger partial charge in [0, 0.05) is 6.04 Å². The van der Waals surface area contributed by atoms with Gasteiger partial charge in [0.15, 0.2) is 0 Å². The zero-order valence-corrected chi connectivity index (χ0v) is 7.46. The van der Waals surface area contributed by atoms with Gasteiger partial charge in [-0.3, -0.25) is 0 Å². The SMILES string of the molecule is CC(C)[C@H]1CC[C@@H](O)C(N)C1. The molecule has 0 aromatic rings. The van der Waals surface area contributed by atoms with Crippen molar-refractivity contribution in [3.8, 4) is 0 Å². The Labute approximate surface area is 68.8 Å². The van der Waals surface area contributed by atoms with E-state index >= 15 is 0 Å². The van der Waals surface area contributed by atoms with E-state index in [-0.39, 0.29) is 12.1 Å². The molecule has 0 spiro atoms. The molecule has 0 aliphatic heterocycles. The molecule has 3 N–H and O–H groups in total. The Morgan fingerprint density at radius 2 is 2.00 bits per heavy atom. The van der Waals surface area contributed by atoms with Crippen LogP contribution < -0.4 is 5.73 Å². The fourth-order valence-corrected chi connectivity index (χ4v) is 1.83. The number of aliphatic hydroxyl groups excluding tert-OH is 1. The van der Waals surface area contributed by atoms with Gasteiger partial charge in [0.25, 0.3) is 0 Å². The van der Waals surface area contributed by atoms with Crippen LogP contribution in [0.3, 0.4) is 0 Å². The largest absolute Gasteiger partial charge is 0.392 e. The van der Waals surface area contributed by atoms with Crippen LogP contribution in [-0.2, 0) is 0 Å². The Morgan fingerprint density at radius 3 is 2.45 bits per heavy atom. The lowest BCUT2D eigenvalue weighted by Gasteiger charge is -2.32. The minimum Gasteiger partial charge on any atom is -0.392 e. The van der Waals surface area contributed by atoms with Crippen molar-refractivity contribution in [2.45, 2.75) is 45.3 Å². The van der Waals surface area contributed by atoms with Crippen molar-refractivity contribution in [3.63, 3.8) is 0 Å². The molecule has 0 heterocycles. The van der Waals surface area contributed by atoms with E-state index in [1.54, 1.807) is 0 Å². The molecule has 2 heteroatoms. The summed E-state index contributed by atoms with van der Waals surface area (Å²) in [4.78, 5) is 0. The highest BCUT2D eigenvalue weighted by Crippen LogP contribution is 2.29. The molecule has 11 heavy (non-hydrogen) atoms. The second-order valence-corrected chi connectivity index (χ2v) is 4.05. The molecule has 1 fully saturated rings. The molecule has 0 aromatic heterocycles. The fraction of sp³-hybridized carbons (Fsp3) is 1.00. The predicted octanol–water partition coefficient (Wildman–Crippen LogP) is 1.13. The maximum atomic E-state index is 9.35. The van der Waals surface area contributed by atoms with Crippen LogP contribution in [0.1, 0.15) is 33.1 Å². The second-order valence-electron chi connectivity index (χ2n) is 4.05.